The summed E-state index contributed by atoms with van der Waals surface area (Å²) in [4.78, 5) is 67.0. The monoisotopic (exact) mass is 972 g/mol. The minimum absolute atomic E-state index is 0.0579. The molecule has 15 nitrogen and oxygen atoms in total. The van der Waals surface area contributed by atoms with Crippen molar-refractivity contribution < 1.29 is 58.4 Å². The van der Waals surface area contributed by atoms with E-state index in [1.165, 1.54) is 48.2 Å². The van der Waals surface area contributed by atoms with Gasteiger partial charge in [0.25, 0.3) is 37.6 Å². The van der Waals surface area contributed by atoms with Gasteiger partial charge in [0.1, 0.15) is 16.8 Å². The lowest BCUT2D eigenvalue weighted by Crippen LogP contribution is -2.56. The fourth-order valence-electron chi connectivity index (χ4n) is 8.27. The molecule has 3 N–H and O–H groups in total. The number of benzene rings is 4. The molecule has 2 fully saturated rings. The SMILES string of the molecule is CC1CN(CC[C@H](CSc2ccccc2)Nc2ccc(S(=O)(=O)NC(=O)c3ccccc3)cc2S(=O)(=O)C(F)(F)F)CC(C)N1Cc1ccc2c(c1F)C(=O)N(C1CCC(=O)NC1=O)C2=O. The number of thioether (sulfide) groups is 1. The van der Waals surface area contributed by atoms with Crippen molar-refractivity contribution in [2.75, 3.05) is 30.7 Å². The Morgan fingerprint density at radius 2 is 1.53 bits per heavy atom. The average molecular weight is 973 g/mol. The van der Waals surface area contributed by atoms with E-state index in [-0.39, 0.29) is 60.3 Å². The maximum Gasteiger partial charge on any atom is 0.501 e. The van der Waals surface area contributed by atoms with E-state index in [2.05, 4.69) is 15.5 Å². The van der Waals surface area contributed by atoms with Crippen LogP contribution in [0.1, 0.15) is 69.7 Å². The first kappa shape index (κ1) is 48.3. The van der Waals surface area contributed by atoms with Crippen molar-refractivity contribution in [3.05, 3.63) is 119 Å². The van der Waals surface area contributed by atoms with Crippen molar-refractivity contribution in [1.82, 2.24) is 24.7 Å². The zero-order valence-corrected chi connectivity index (χ0v) is 37.8. The van der Waals surface area contributed by atoms with E-state index >= 15 is 4.39 Å². The molecule has 0 spiro atoms. The summed E-state index contributed by atoms with van der Waals surface area (Å²) in [6, 6.07) is 18.9. The first-order chi connectivity index (χ1) is 31.2. The Hall–Kier alpha value is -5.68. The van der Waals surface area contributed by atoms with Gasteiger partial charge in [0.05, 0.1) is 21.7 Å². The summed E-state index contributed by atoms with van der Waals surface area (Å²) < 4.78 is 113. The van der Waals surface area contributed by atoms with Crippen molar-refractivity contribution in [2.24, 2.45) is 0 Å². The zero-order chi connectivity index (χ0) is 47.7. The molecule has 0 aromatic heterocycles. The van der Waals surface area contributed by atoms with E-state index in [0.717, 1.165) is 17.0 Å². The normalized spacial score (nSPS) is 20.2. The number of hydrogen-bond acceptors (Lipinski definition) is 13. The summed E-state index contributed by atoms with van der Waals surface area (Å²) in [6.07, 6.45) is 0.111. The maximum atomic E-state index is 16.2. The number of sulfonamides is 1. The van der Waals surface area contributed by atoms with Gasteiger partial charge >= 0.3 is 5.51 Å². The molecule has 3 unspecified atom stereocenters. The Bertz CT molecular complexity index is 2770. The number of halogens is 4. The number of rotatable bonds is 15. The van der Waals surface area contributed by atoms with E-state index in [0.29, 0.717) is 30.6 Å². The number of sulfone groups is 1. The molecule has 0 aliphatic carbocycles. The van der Waals surface area contributed by atoms with Gasteiger partial charge in [0.15, 0.2) is 0 Å². The molecular weight excluding hydrogens is 929 g/mol. The molecule has 3 aliphatic heterocycles. The molecule has 4 aromatic carbocycles. The molecule has 3 aliphatic rings. The minimum atomic E-state index is -6.14. The summed E-state index contributed by atoms with van der Waals surface area (Å²) in [6.45, 7) is 5.16. The van der Waals surface area contributed by atoms with Crippen LogP contribution in [0.15, 0.2) is 106 Å². The van der Waals surface area contributed by atoms with Gasteiger partial charge in [-0.2, -0.15) is 13.2 Å². The van der Waals surface area contributed by atoms with E-state index in [9.17, 15) is 54.0 Å². The predicted octanol–water partition coefficient (Wildman–Crippen LogP) is 5.20. The number of hydrogen-bond donors (Lipinski definition) is 3. The van der Waals surface area contributed by atoms with Crippen LogP contribution in [0, 0.1) is 5.82 Å². The molecule has 7 rings (SSSR count). The van der Waals surface area contributed by atoms with Crippen LogP contribution in [0.25, 0.3) is 0 Å². The molecule has 4 atom stereocenters. The Kier molecular flexibility index (Phi) is 14.1. The highest BCUT2D eigenvalue weighted by Crippen LogP contribution is 2.37. The van der Waals surface area contributed by atoms with E-state index < -0.39 is 93.8 Å². The topological polar surface area (TPSA) is 199 Å². The number of piperidine rings is 1. The van der Waals surface area contributed by atoms with Crippen LogP contribution < -0.4 is 15.4 Å². The van der Waals surface area contributed by atoms with Crippen molar-refractivity contribution >= 4 is 66.8 Å². The first-order valence-corrected chi connectivity index (χ1v) is 24.6. The largest absolute Gasteiger partial charge is 0.501 e. The highest BCUT2D eigenvalue weighted by atomic mass is 32.2. The quantitative estimate of drug-likeness (QED) is 0.0800. The molecule has 0 bridgehead atoms. The number of nitrogens with zero attached hydrogens (tertiary/aromatic N) is 3. The Balaban J connectivity index is 1.07. The van der Waals surface area contributed by atoms with E-state index in [4.69, 9.17) is 0 Å². The Morgan fingerprint density at radius 1 is 0.879 bits per heavy atom. The third-order valence-electron chi connectivity index (χ3n) is 11.6. The Morgan fingerprint density at radius 3 is 2.17 bits per heavy atom. The van der Waals surface area contributed by atoms with Crippen LogP contribution in [0.3, 0.4) is 0 Å². The molecule has 22 heteroatoms. The summed E-state index contributed by atoms with van der Waals surface area (Å²) in [5.41, 5.74) is -6.84. The van der Waals surface area contributed by atoms with Gasteiger partial charge in [-0.05, 0) is 75.2 Å². The smallest absolute Gasteiger partial charge is 0.380 e. The van der Waals surface area contributed by atoms with Gasteiger partial charge in [0.2, 0.25) is 11.8 Å². The molecule has 0 radical (unpaired) electrons. The lowest BCUT2D eigenvalue weighted by atomic mass is 10.0. The Labute approximate surface area is 382 Å². The molecular formula is C44H44F4N6O9S3. The highest BCUT2D eigenvalue weighted by Gasteiger charge is 2.49. The van der Waals surface area contributed by atoms with Crippen LogP contribution in [0.5, 0.6) is 0 Å². The number of nitrogens with one attached hydrogen (secondary N) is 3. The number of carbonyl (C=O) groups is 5. The third-order valence-corrected chi connectivity index (χ3v) is 15.7. The summed E-state index contributed by atoms with van der Waals surface area (Å²) in [7, 11) is -11.0. The fraction of sp³-hybridized carbons (Fsp3) is 0.341. The standard InChI is InChI=1S/C44H44F4N6O9S3/c1-26-22-52(23-27(2)53(26)24-29-13-15-33-38(39(29)45)43(59)54(42(33)58)35-17-18-37(55)50-41(35)57)20-19-30(25-64-31-11-7-4-8-12-31)49-34-16-14-32(21-36(34)65(60,61)44(46,47)48)66(62,63)51-40(56)28-9-5-3-6-10-28/h3-16,21,26-27,30,35,49H,17-20,22-25H2,1-2H3,(H,51,56)(H,50,55,57)/t26?,27?,30-,35?/m1/s1. The molecule has 4 aromatic rings. The number of fused-ring (bicyclic) bond motifs is 1. The second-order valence-corrected chi connectivity index (χ2v) is 20.9. The fourth-order valence-corrected chi connectivity index (χ4v) is 11.3. The lowest BCUT2D eigenvalue weighted by molar-refractivity contribution is -0.136. The average Bonchev–Trinajstić information content (AvgIpc) is 3.52. The first-order valence-electron chi connectivity index (χ1n) is 20.7. The van der Waals surface area contributed by atoms with Crippen LogP contribution >= 0.6 is 11.8 Å². The second kappa shape index (κ2) is 19.3. The summed E-state index contributed by atoms with van der Waals surface area (Å²) >= 11 is 1.37. The molecule has 0 saturated carbocycles. The van der Waals surface area contributed by atoms with Gasteiger partial charge in [-0.25, -0.2) is 25.9 Å². The predicted molar refractivity (Wildman–Crippen MR) is 234 cm³/mol. The number of alkyl halides is 3. The van der Waals surface area contributed by atoms with Crippen molar-refractivity contribution in [1.29, 1.82) is 0 Å². The number of piperazine rings is 1. The van der Waals surface area contributed by atoms with E-state index in [1.807, 2.05) is 36.9 Å². The number of amides is 5. The summed E-state index contributed by atoms with van der Waals surface area (Å²) in [5, 5.41) is 5.07. The van der Waals surface area contributed by atoms with Gasteiger partial charge in [-0.15, -0.1) is 11.8 Å². The van der Waals surface area contributed by atoms with Crippen molar-refractivity contribution in [3.63, 3.8) is 0 Å². The number of anilines is 1. The lowest BCUT2D eigenvalue weighted by Gasteiger charge is -2.45. The maximum absolute atomic E-state index is 16.2. The molecule has 5 amide bonds. The number of imide groups is 2. The minimum Gasteiger partial charge on any atom is -0.380 e. The molecule has 3 heterocycles. The van der Waals surface area contributed by atoms with E-state index in [1.54, 1.807) is 22.9 Å². The van der Waals surface area contributed by atoms with Gasteiger partial charge < -0.3 is 10.2 Å². The zero-order valence-electron chi connectivity index (χ0n) is 35.4. The second-order valence-electron chi connectivity index (χ2n) is 16.2. The molecule has 350 valence electrons. The number of carbonyl (C=O) groups excluding carboxylic acids is 5. The van der Waals surface area contributed by atoms with Crippen LogP contribution in [0.2, 0.25) is 0 Å². The summed E-state index contributed by atoms with van der Waals surface area (Å²) in [5.74, 6) is -4.85. The van der Waals surface area contributed by atoms with Crippen LogP contribution in [0.4, 0.5) is 23.2 Å². The van der Waals surface area contributed by atoms with Crippen LogP contribution in [-0.2, 0) is 36.0 Å². The molecule has 66 heavy (non-hydrogen) atoms. The van der Waals surface area contributed by atoms with Crippen LogP contribution in [-0.4, -0.2) is 116 Å². The molecule has 2 saturated heterocycles. The van der Waals surface area contributed by atoms with Gasteiger partial charge in [0, 0.05) is 72.5 Å². The van der Waals surface area contributed by atoms with Crippen molar-refractivity contribution in [3.8, 4) is 0 Å². The van der Waals surface area contributed by atoms with Crippen molar-refractivity contribution in [2.45, 2.75) is 84.0 Å². The third kappa shape index (κ3) is 10.2. The highest BCUT2D eigenvalue weighted by molar-refractivity contribution is 7.99. The van der Waals surface area contributed by atoms with Gasteiger partial charge in [-0.1, -0.05) is 42.5 Å². The van der Waals surface area contributed by atoms with Gasteiger partial charge in [-0.3, -0.25) is 39.1 Å².